The summed E-state index contributed by atoms with van der Waals surface area (Å²) in [6.45, 7) is 0.910. The van der Waals surface area contributed by atoms with E-state index in [0.717, 1.165) is 25.8 Å². The molecule has 1 unspecified atom stereocenters. The molecule has 1 aromatic carbocycles. The van der Waals surface area contributed by atoms with Crippen LogP contribution in [0.3, 0.4) is 0 Å². The zero-order chi connectivity index (χ0) is 16.2. The molecule has 1 fully saturated rings. The Morgan fingerprint density at radius 2 is 1.86 bits per heavy atom. The summed E-state index contributed by atoms with van der Waals surface area (Å²) in [6, 6.07) is 5.73. The fraction of sp³-hybridized carbons (Fsp3) is 0.385. The van der Waals surface area contributed by atoms with E-state index in [9.17, 15) is 8.42 Å². The second-order valence-electron chi connectivity index (χ2n) is 5.05. The minimum Gasteiger partial charge on any atom is -0.386 e. The van der Waals surface area contributed by atoms with Crippen molar-refractivity contribution in [3.05, 3.63) is 24.3 Å². The van der Waals surface area contributed by atoms with Gasteiger partial charge in [0.05, 0.1) is 16.6 Å². The van der Waals surface area contributed by atoms with Gasteiger partial charge in [-0.2, -0.15) is 4.99 Å². The number of nitrogens with zero attached hydrogens (tertiary/aromatic N) is 2. The smallest absolute Gasteiger partial charge is 0.238 e. The highest BCUT2D eigenvalue weighted by Gasteiger charge is 2.16. The molecule has 7 N–H and O–H groups in total. The summed E-state index contributed by atoms with van der Waals surface area (Å²) in [5.74, 6) is 0.426. The third-order valence-corrected chi connectivity index (χ3v) is 4.25. The minimum atomic E-state index is -3.72. The van der Waals surface area contributed by atoms with Crippen LogP contribution < -0.4 is 21.9 Å². The molecule has 0 spiro atoms. The van der Waals surface area contributed by atoms with Crippen LogP contribution in [0.4, 0.5) is 5.69 Å². The number of hydrogen-bond donors (Lipinski definition) is 4. The normalized spacial score (nSPS) is 20.9. The summed E-state index contributed by atoms with van der Waals surface area (Å²) in [7, 11) is -3.72. The van der Waals surface area contributed by atoms with Gasteiger partial charge in [-0.3, -0.25) is 0 Å². The van der Waals surface area contributed by atoms with Crippen LogP contribution in [0.25, 0.3) is 0 Å². The lowest BCUT2D eigenvalue weighted by atomic mass is 10.0. The summed E-state index contributed by atoms with van der Waals surface area (Å²) in [4.78, 5) is 8.18. The number of nitrogens with one attached hydrogen (secondary N) is 1. The van der Waals surface area contributed by atoms with Gasteiger partial charge in [0.15, 0.2) is 0 Å². The van der Waals surface area contributed by atoms with Crippen molar-refractivity contribution in [2.75, 3.05) is 6.54 Å². The first-order chi connectivity index (χ1) is 10.4. The second kappa shape index (κ2) is 6.86. The maximum absolute atomic E-state index is 11.2. The van der Waals surface area contributed by atoms with Crippen LogP contribution in [0.1, 0.15) is 19.3 Å². The highest BCUT2D eigenvalue weighted by atomic mass is 32.2. The standard InChI is InChI=1S/C13H20N6O2S/c14-12(11-3-1-2-8-17-11)19-13(15)18-9-4-6-10(7-5-9)22(16,20)21/h4-7,11,17H,1-3,8H2,(H2,16,20,21)(H4,14,15,18,19). The lowest BCUT2D eigenvalue weighted by molar-refractivity contribution is 0.470. The first-order valence-corrected chi connectivity index (χ1v) is 8.45. The van der Waals surface area contributed by atoms with E-state index >= 15 is 0 Å². The van der Waals surface area contributed by atoms with Crippen LogP contribution >= 0.6 is 0 Å². The molecular formula is C13H20N6O2S. The molecule has 0 aromatic heterocycles. The molecule has 0 radical (unpaired) electrons. The van der Waals surface area contributed by atoms with Crippen molar-refractivity contribution >= 4 is 27.5 Å². The summed E-state index contributed by atoms with van der Waals surface area (Å²) >= 11 is 0. The second-order valence-corrected chi connectivity index (χ2v) is 6.61. The number of benzene rings is 1. The Kier molecular flexibility index (Phi) is 5.11. The third kappa shape index (κ3) is 4.52. The van der Waals surface area contributed by atoms with E-state index in [1.54, 1.807) is 0 Å². The molecule has 22 heavy (non-hydrogen) atoms. The molecule has 120 valence electrons. The Bertz CT molecular complexity index is 675. The molecule has 1 saturated heterocycles. The molecule has 1 aliphatic heterocycles. The lowest BCUT2D eigenvalue weighted by Crippen LogP contribution is -2.45. The molecule has 9 heteroatoms. The predicted molar refractivity (Wildman–Crippen MR) is 86.4 cm³/mol. The topological polar surface area (TPSA) is 149 Å². The van der Waals surface area contributed by atoms with Crippen LogP contribution in [-0.2, 0) is 10.0 Å². The molecular weight excluding hydrogens is 304 g/mol. The number of piperidine rings is 1. The van der Waals surface area contributed by atoms with Crippen molar-refractivity contribution < 1.29 is 8.42 Å². The quantitative estimate of drug-likeness (QED) is 0.448. The number of aliphatic imine (C=N–C) groups is 2. The van der Waals surface area contributed by atoms with Crippen molar-refractivity contribution in [1.29, 1.82) is 0 Å². The van der Waals surface area contributed by atoms with Gasteiger partial charge in [-0.25, -0.2) is 18.5 Å². The van der Waals surface area contributed by atoms with Gasteiger partial charge in [0.25, 0.3) is 0 Å². The number of nitrogens with two attached hydrogens (primary N) is 3. The number of sulfonamides is 1. The maximum atomic E-state index is 11.2. The molecule has 0 aliphatic carbocycles. The zero-order valence-corrected chi connectivity index (χ0v) is 12.9. The summed E-state index contributed by atoms with van der Waals surface area (Å²) in [5, 5.41) is 8.29. The first-order valence-electron chi connectivity index (χ1n) is 6.91. The van der Waals surface area contributed by atoms with Gasteiger partial charge in [-0.15, -0.1) is 0 Å². The number of rotatable bonds is 3. The predicted octanol–water partition coefficient (Wildman–Crippen LogP) is -0.220. The van der Waals surface area contributed by atoms with E-state index < -0.39 is 10.0 Å². The van der Waals surface area contributed by atoms with Crippen LogP contribution in [0.15, 0.2) is 39.1 Å². The highest BCUT2D eigenvalue weighted by molar-refractivity contribution is 7.89. The molecule has 0 amide bonds. The molecule has 2 rings (SSSR count). The number of primary sulfonamides is 1. The minimum absolute atomic E-state index is 0.0134. The van der Waals surface area contributed by atoms with Crippen molar-refractivity contribution in [1.82, 2.24) is 5.32 Å². The molecule has 8 nitrogen and oxygen atoms in total. The molecule has 1 aromatic rings. The average molecular weight is 324 g/mol. The van der Waals surface area contributed by atoms with E-state index in [-0.39, 0.29) is 16.9 Å². The van der Waals surface area contributed by atoms with E-state index in [1.807, 2.05) is 0 Å². The van der Waals surface area contributed by atoms with Gasteiger partial charge in [0.1, 0.15) is 5.84 Å². The van der Waals surface area contributed by atoms with Crippen molar-refractivity contribution in [2.45, 2.75) is 30.2 Å². The largest absolute Gasteiger partial charge is 0.386 e. The molecule has 0 bridgehead atoms. The zero-order valence-electron chi connectivity index (χ0n) is 12.1. The summed E-state index contributed by atoms with van der Waals surface area (Å²) < 4.78 is 22.3. The van der Waals surface area contributed by atoms with E-state index in [4.69, 9.17) is 16.6 Å². The van der Waals surface area contributed by atoms with E-state index in [1.165, 1.54) is 24.3 Å². The molecule has 1 heterocycles. The average Bonchev–Trinajstić information content (AvgIpc) is 2.47. The Balaban J connectivity index is 2.11. The Morgan fingerprint density at radius 3 is 2.41 bits per heavy atom. The van der Waals surface area contributed by atoms with Gasteiger partial charge < -0.3 is 16.8 Å². The molecule has 0 saturated carbocycles. The fourth-order valence-electron chi connectivity index (χ4n) is 2.18. The molecule has 1 atom stereocenters. The van der Waals surface area contributed by atoms with Gasteiger partial charge >= 0.3 is 0 Å². The fourth-order valence-corrected chi connectivity index (χ4v) is 2.70. The number of guanidine groups is 1. The summed E-state index contributed by atoms with van der Waals surface area (Å²) in [6.07, 6.45) is 3.15. The van der Waals surface area contributed by atoms with Gasteiger partial charge in [0.2, 0.25) is 16.0 Å². The van der Waals surface area contributed by atoms with Crippen molar-refractivity contribution in [2.24, 2.45) is 26.6 Å². The van der Waals surface area contributed by atoms with Crippen LogP contribution in [0.5, 0.6) is 0 Å². The Labute approximate surface area is 129 Å². The van der Waals surface area contributed by atoms with Crippen LogP contribution in [-0.4, -0.2) is 32.8 Å². The monoisotopic (exact) mass is 324 g/mol. The Morgan fingerprint density at radius 1 is 1.18 bits per heavy atom. The van der Waals surface area contributed by atoms with Crippen LogP contribution in [0.2, 0.25) is 0 Å². The van der Waals surface area contributed by atoms with Gasteiger partial charge in [0, 0.05) is 0 Å². The van der Waals surface area contributed by atoms with Crippen LogP contribution in [0, 0.1) is 0 Å². The highest BCUT2D eigenvalue weighted by Crippen LogP contribution is 2.15. The van der Waals surface area contributed by atoms with E-state index in [0.29, 0.717) is 11.5 Å². The maximum Gasteiger partial charge on any atom is 0.238 e. The van der Waals surface area contributed by atoms with E-state index in [2.05, 4.69) is 15.3 Å². The first kappa shape index (κ1) is 16.4. The number of hydrogen-bond acceptors (Lipinski definition) is 4. The Hall–Kier alpha value is -1.97. The number of amidine groups is 1. The van der Waals surface area contributed by atoms with Gasteiger partial charge in [-0.05, 0) is 43.7 Å². The lowest BCUT2D eigenvalue weighted by Gasteiger charge is -2.22. The third-order valence-electron chi connectivity index (χ3n) is 3.32. The SMILES string of the molecule is NC(=Nc1ccc(S(N)(=O)=O)cc1)N=C(N)C1CCCCN1. The van der Waals surface area contributed by atoms with Crippen molar-refractivity contribution in [3.63, 3.8) is 0 Å². The summed E-state index contributed by atoms with van der Waals surface area (Å²) in [5.41, 5.74) is 12.1. The van der Waals surface area contributed by atoms with Gasteiger partial charge in [-0.1, -0.05) is 6.42 Å². The molecule has 1 aliphatic rings. The van der Waals surface area contributed by atoms with Crippen molar-refractivity contribution in [3.8, 4) is 0 Å².